The van der Waals surface area contributed by atoms with Crippen LogP contribution in [0.2, 0.25) is 5.02 Å². The summed E-state index contributed by atoms with van der Waals surface area (Å²) < 4.78 is 34.5. The quantitative estimate of drug-likeness (QED) is 0.530. The molecule has 0 N–H and O–H groups in total. The molecule has 0 spiro atoms. The standard InChI is InChI=1S/C18H20ClNO5S/c1-13-4-7-15(8-5-13)26(22,23)25-11-10-24-14-6-9-16(17(19)12-14)18(21)20(2)3/h4-9,12H,10-11H2,1-3H3. The molecular weight excluding hydrogens is 378 g/mol. The molecule has 0 aliphatic rings. The first-order chi connectivity index (χ1) is 12.2. The number of ether oxygens (including phenoxy) is 1. The topological polar surface area (TPSA) is 72.9 Å². The average Bonchev–Trinajstić information content (AvgIpc) is 2.58. The Hall–Kier alpha value is -2.09. The first kappa shape index (κ1) is 20.2. The first-order valence-electron chi connectivity index (χ1n) is 7.81. The van der Waals surface area contributed by atoms with Crippen LogP contribution >= 0.6 is 11.6 Å². The minimum absolute atomic E-state index is 0.0163. The third-order valence-corrected chi connectivity index (χ3v) is 5.12. The van der Waals surface area contributed by atoms with Crippen molar-refractivity contribution in [1.29, 1.82) is 0 Å². The largest absolute Gasteiger partial charge is 0.491 e. The van der Waals surface area contributed by atoms with E-state index in [0.717, 1.165) is 5.56 Å². The second kappa shape index (κ2) is 8.53. The average molecular weight is 398 g/mol. The van der Waals surface area contributed by atoms with Gasteiger partial charge in [0, 0.05) is 14.1 Å². The molecule has 0 aliphatic carbocycles. The Balaban J connectivity index is 1.91. The Bertz CT molecular complexity index is 879. The zero-order valence-electron chi connectivity index (χ0n) is 14.7. The van der Waals surface area contributed by atoms with Gasteiger partial charge in [0.2, 0.25) is 0 Å². The number of aryl methyl sites for hydroxylation is 1. The van der Waals surface area contributed by atoms with Crippen molar-refractivity contribution in [2.75, 3.05) is 27.3 Å². The molecule has 0 saturated heterocycles. The van der Waals surface area contributed by atoms with E-state index in [9.17, 15) is 13.2 Å². The van der Waals surface area contributed by atoms with Gasteiger partial charge in [-0.1, -0.05) is 29.3 Å². The van der Waals surface area contributed by atoms with Crippen molar-refractivity contribution < 1.29 is 22.1 Å². The Kier molecular flexibility index (Phi) is 6.63. The summed E-state index contributed by atoms with van der Waals surface area (Å²) in [6.45, 7) is 1.74. The second-order valence-electron chi connectivity index (χ2n) is 5.78. The van der Waals surface area contributed by atoms with Gasteiger partial charge in [-0.3, -0.25) is 8.98 Å². The van der Waals surface area contributed by atoms with Gasteiger partial charge in [-0.2, -0.15) is 8.42 Å². The fourth-order valence-electron chi connectivity index (χ4n) is 2.08. The molecule has 0 radical (unpaired) electrons. The molecule has 0 bridgehead atoms. The van der Waals surface area contributed by atoms with E-state index in [4.69, 9.17) is 20.5 Å². The van der Waals surface area contributed by atoms with Crippen molar-refractivity contribution in [3.05, 3.63) is 58.6 Å². The second-order valence-corrected chi connectivity index (χ2v) is 7.80. The number of hydrogen-bond acceptors (Lipinski definition) is 5. The van der Waals surface area contributed by atoms with Crippen LogP contribution in [0, 0.1) is 6.92 Å². The highest BCUT2D eigenvalue weighted by atomic mass is 35.5. The number of amides is 1. The van der Waals surface area contributed by atoms with Gasteiger partial charge in [-0.15, -0.1) is 0 Å². The molecule has 0 fully saturated rings. The minimum atomic E-state index is -3.82. The van der Waals surface area contributed by atoms with Crippen LogP contribution in [0.15, 0.2) is 47.4 Å². The maximum Gasteiger partial charge on any atom is 0.297 e. The number of hydrogen-bond donors (Lipinski definition) is 0. The van der Waals surface area contributed by atoms with Gasteiger partial charge in [-0.25, -0.2) is 0 Å². The molecule has 2 aromatic carbocycles. The summed E-state index contributed by atoms with van der Waals surface area (Å²) in [5.74, 6) is 0.204. The molecule has 8 heteroatoms. The molecule has 0 unspecified atom stereocenters. The van der Waals surface area contributed by atoms with Crippen LogP contribution in [0.1, 0.15) is 15.9 Å². The third-order valence-electron chi connectivity index (χ3n) is 3.48. The summed E-state index contributed by atoms with van der Waals surface area (Å²) in [7, 11) is -0.556. The van der Waals surface area contributed by atoms with E-state index >= 15 is 0 Å². The van der Waals surface area contributed by atoms with Crippen LogP contribution in [-0.2, 0) is 14.3 Å². The van der Waals surface area contributed by atoms with Crippen LogP contribution in [0.25, 0.3) is 0 Å². The number of carbonyl (C=O) groups is 1. The predicted molar refractivity (Wildman–Crippen MR) is 99.3 cm³/mol. The van der Waals surface area contributed by atoms with E-state index in [1.807, 2.05) is 6.92 Å². The Morgan fingerprint density at radius 2 is 1.73 bits per heavy atom. The van der Waals surface area contributed by atoms with Crippen molar-refractivity contribution >= 4 is 27.6 Å². The van der Waals surface area contributed by atoms with Gasteiger partial charge >= 0.3 is 0 Å². The monoisotopic (exact) mass is 397 g/mol. The molecule has 0 aliphatic heterocycles. The number of benzene rings is 2. The van der Waals surface area contributed by atoms with Crippen molar-refractivity contribution in [2.24, 2.45) is 0 Å². The normalized spacial score (nSPS) is 11.2. The molecule has 0 aromatic heterocycles. The fraction of sp³-hybridized carbons (Fsp3) is 0.278. The maximum atomic E-state index is 12.1. The highest BCUT2D eigenvalue weighted by Gasteiger charge is 2.15. The van der Waals surface area contributed by atoms with Gasteiger partial charge < -0.3 is 9.64 Å². The van der Waals surface area contributed by atoms with E-state index in [2.05, 4.69) is 0 Å². The lowest BCUT2D eigenvalue weighted by Crippen LogP contribution is -2.22. The molecular formula is C18H20ClNO5S. The summed E-state index contributed by atoms with van der Waals surface area (Å²) in [4.78, 5) is 13.4. The fourth-order valence-corrected chi connectivity index (χ4v) is 3.22. The third kappa shape index (κ3) is 5.20. The van der Waals surface area contributed by atoms with Crippen molar-refractivity contribution in [3.8, 4) is 5.75 Å². The Labute approximate surface area is 158 Å². The van der Waals surface area contributed by atoms with E-state index in [0.29, 0.717) is 11.3 Å². The SMILES string of the molecule is Cc1ccc(S(=O)(=O)OCCOc2ccc(C(=O)N(C)C)c(Cl)c2)cc1. The molecule has 2 aromatic rings. The van der Waals surface area contributed by atoms with Crippen LogP contribution < -0.4 is 4.74 Å². The smallest absolute Gasteiger partial charge is 0.297 e. The summed E-state index contributed by atoms with van der Waals surface area (Å²) in [6.07, 6.45) is 0. The van der Waals surface area contributed by atoms with Gasteiger partial charge in [0.25, 0.3) is 16.0 Å². The zero-order valence-corrected chi connectivity index (χ0v) is 16.3. The summed E-state index contributed by atoms with van der Waals surface area (Å²) >= 11 is 6.09. The van der Waals surface area contributed by atoms with E-state index in [-0.39, 0.29) is 29.0 Å². The predicted octanol–water partition coefficient (Wildman–Crippen LogP) is 3.13. The number of rotatable bonds is 7. The highest BCUT2D eigenvalue weighted by molar-refractivity contribution is 7.86. The maximum absolute atomic E-state index is 12.1. The number of nitrogens with zero attached hydrogens (tertiary/aromatic N) is 1. The van der Waals surface area contributed by atoms with Crippen LogP contribution in [0.3, 0.4) is 0 Å². The Morgan fingerprint density at radius 1 is 1.08 bits per heavy atom. The van der Waals surface area contributed by atoms with Gasteiger partial charge in [0.15, 0.2) is 0 Å². The molecule has 140 valence electrons. The highest BCUT2D eigenvalue weighted by Crippen LogP contribution is 2.23. The lowest BCUT2D eigenvalue weighted by molar-refractivity contribution is 0.0827. The van der Waals surface area contributed by atoms with Gasteiger partial charge in [0.05, 0.1) is 15.5 Å². The van der Waals surface area contributed by atoms with Crippen molar-refractivity contribution in [3.63, 3.8) is 0 Å². The minimum Gasteiger partial charge on any atom is -0.491 e. The van der Waals surface area contributed by atoms with Gasteiger partial charge in [0.1, 0.15) is 19.0 Å². The van der Waals surface area contributed by atoms with E-state index < -0.39 is 10.1 Å². The van der Waals surface area contributed by atoms with E-state index in [1.165, 1.54) is 23.1 Å². The Morgan fingerprint density at radius 3 is 2.31 bits per heavy atom. The van der Waals surface area contributed by atoms with Crippen molar-refractivity contribution in [2.45, 2.75) is 11.8 Å². The lowest BCUT2D eigenvalue weighted by atomic mass is 10.2. The molecule has 0 atom stereocenters. The first-order valence-corrected chi connectivity index (χ1v) is 9.59. The number of carbonyl (C=O) groups excluding carboxylic acids is 1. The van der Waals surface area contributed by atoms with Crippen molar-refractivity contribution in [1.82, 2.24) is 4.90 Å². The summed E-state index contributed by atoms with van der Waals surface area (Å²) in [6, 6.07) is 11.0. The van der Waals surface area contributed by atoms with Crippen LogP contribution in [0.5, 0.6) is 5.75 Å². The zero-order chi connectivity index (χ0) is 19.3. The van der Waals surface area contributed by atoms with Crippen LogP contribution in [-0.4, -0.2) is 46.5 Å². The molecule has 2 rings (SSSR count). The summed E-state index contributed by atoms with van der Waals surface area (Å²) in [5, 5.41) is 0.259. The molecule has 0 heterocycles. The molecule has 0 saturated carbocycles. The van der Waals surface area contributed by atoms with Gasteiger partial charge in [-0.05, 0) is 37.3 Å². The summed E-state index contributed by atoms with van der Waals surface area (Å²) in [5.41, 5.74) is 1.32. The van der Waals surface area contributed by atoms with Crippen LogP contribution in [0.4, 0.5) is 0 Å². The molecule has 26 heavy (non-hydrogen) atoms. The van der Waals surface area contributed by atoms with E-state index in [1.54, 1.807) is 38.4 Å². The molecule has 1 amide bonds. The lowest BCUT2D eigenvalue weighted by Gasteiger charge is -2.13. The number of halogens is 1. The molecule has 6 nitrogen and oxygen atoms in total.